The molecular weight excluding hydrogens is 519 g/mol. The van der Waals surface area contributed by atoms with Crippen molar-refractivity contribution in [3.8, 4) is 0 Å². The zero-order valence-electron chi connectivity index (χ0n) is 20.5. The Morgan fingerprint density at radius 2 is 1.12 bits per heavy atom. The van der Waals surface area contributed by atoms with Crippen molar-refractivity contribution in [1.29, 1.82) is 0 Å². The van der Waals surface area contributed by atoms with Crippen LogP contribution in [0.5, 0.6) is 0 Å². The molecule has 0 amide bonds. The third-order valence-electron chi connectivity index (χ3n) is 5.67. The number of carbonyl (C=O) groups excluding carboxylic acids is 1. The third-order valence-corrected chi connectivity index (χ3v) is 10.3. The largest absolute Gasteiger partial charge is 0.360 e. The lowest BCUT2D eigenvalue weighted by Crippen LogP contribution is -3.85. The van der Waals surface area contributed by atoms with Gasteiger partial charge in [-0.3, -0.25) is 0 Å². The van der Waals surface area contributed by atoms with Crippen LogP contribution in [-0.4, -0.2) is 5.97 Å². The quantitative estimate of drug-likeness (QED) is 0.130. The lowest BCUT2D eigenvalue weighted by atomic mass is 10.1. The summed E-state index contributed by atoms with van der Waals surface area (Å²) in [5.74, 6) is -0.0365. The van der Waals surface area contributed by atoms with E-state index in [9.17, 15) is 4.79 Å². The van der Waals surface area contributed by atoms with E-state index in [2.05, 4.69) is 43.3 Å². The number of carbonyl (C=O) groups is 1. The highest BCUT2D eigenvalue weighted by Crippen LogP contribution is 2.10. The molecule has 0 saturated heterocycles. The van der Waals surface area contributed by atoms with Crippen LogP contribution >= 0.6 is 0 Å². The fourth-order valence-electron chi connectivity index (χ4n) is 3.74. The van der Waals surface area contributed by atoms with E-state index >= 15 is 0 Å². The Labute approximate surface area is 210 Å². The van der Waals surface area contributed by atoms with Gasteiger partial charge in [-0.15, -0.1) is 0 Å². The van der Waals surface area contributed by atoms with Crippen LogP contribution in [-0.2, 0) is 7.86 Å². The van der Waals surface area contributed by atoms with Gasteiger partial charge in [0.25, 0.3) is 0 Å². The molecule has 33 heavy (non-hydrogen) atoms. The van der Waals surface area contributed by atoms with Gasteiger partial charge in [0.2, 0.25) is 0 Å². The standard InChI is InChI=1S/C30H43IO2/c1-2-3-4-5-6-7-8-9-10-11-12-13-14-15-22-27-30(32)33-31(28-23-18-16-19-24-28)29-25-20-17-21-26-29/h9-10,16-21,23-26H,2-8,11-15,22,27H2,1H3/q+1/b10-9-. The Morgan fingerprint density at radius 1 is 0.667 bits per heavy atom. The van der Waals surface area contributed by atoms with E-state index in [0.29, 0.717) is 6.42 Å². The summed E-state index contributed by atoms with van der Waals surface area (Å²) in [6, 6.07) is 20.5. The Hall–Kier alpha value is -1.62. The number of hydrogen-bond acceptors (Lipinski definition) is 2. The highest BCUT2D eigenvalue weighted by atomic mass is 127. The molecule has 0 saturated carbocycles. The van der Waals surface area contributed by atoms with Crippen LogP contribution in [0.25, 0.3) is 0 Å². The fourth-order valence-corrected chi connectivity index (χ4v) is 7.81. The predicted molar refractivity (Wildman–Crippen MR) is 136 cm³/mol. The highest BCUT2D eigenvalue weighted by molar-refractivity contribution is 5.68. The van der Waals surface area contributed by atoms with Crippen LogP contribution in [0.1, 0.15) is 96.8 Å². The van der Waals surface area contributed by atoms with Crippen LogP contribution in [0.15, 0.2) is 72.8 Å². The summed E-state index contributed by atoms with van der Waals surface area (Å²) >= 11 is -2.17. The maximum atomic E-state index is 12.5. The summed E-state index contributed by atoms with van der Waals surface area (Å²) in [6.07, 6.45) is 21.7. The molecule has 0 aliphatic heterocycles. The van der Waals surface area contributed by atoms with Gasteiger partial charge in [0.1, 0.15) is 0 Å². The first-order chi connectivity index (χ1) is 16.3. The molecule has 1 radical (unpaired) electrons. The summed E-state index contributed by atoms with van der Waals surface area (Å²) in [5, 5.41) is 0. The predicted octanol–water partition coefficient (Wildman–Crippen LogP) is 5.85. The molecule has 0 unspecified atom stereocenters. The summed E-state index contributed by atoms with van der Waals surface area (Å²) in [6.45, 7) is 2.27. The average Bonchev–Trinajstić information content (AvgIpc) is 2.86. The van der Waals surface area contributed by atoms with Crippen molar-refractivity contribution in [2.75, 3.05) is 0 Å². The molecule has 2 nitrogen and oxygen atoms in total. The minimum absolute atomic E-state index is 0.0365. The topological polar surface area (TPSA) is 26.3 Å². The van der Waals surface area contributed by atoms with Crippen molar-refractivity contribution >= 4 is 5.97 Å². The average molecular weight is 563 g/mol. The van der Waals surface area contributed by atoms with E-state index in [4.69, 9.17) is 3.07 Å². The first-order valence-corrected chi connectivity index (χ1v) is 16.0. The van der Waals surface area contributed by atoms with Crippen molar-refractivity contribution in [2.45, 2.75) is 96.8 Å². The smallest absolute Gasteiger partial charge is 0.247 e. The minimum atomic E-state index is -2.17. The summed E-state index contributed by atoms with van der Waals surface area (Å²) < 4.78 is 8.39. The molecular formula is C30H43IO2+. The summed E-state index contributed by atoms with van der Waals surface area (Å²) in [5.41, 5.74) is 0. The number of hydrogen-bond donors (Lipinski definition) is 0. The molecule has 0 spiro atoms. The molecule has 0 bridgehead atoms. The Bertz CT molecular complexity index is 718. The zero-order chi connectivity index (χ0) is 23.4. The fraction of sp³-hybridized carbons (Fsp3) is 0.500. The molecule has 2 aromatic carbocycles. The number of rotatable bonds is 18. The Kier molecular flexibility index (Phi) is 15.7. The molecule has 0 aliphatic carbocycles. The van der Waals surface area contributed by atoms with Gasteiger partial charge >= 0.3 is 26.2 Å². The SMILES string of the molecule is CCCCCCCC/C=C\CCCCCCCC(=O)O[I+](c1ccccc1)c1ccccc1. The molecule has 2 aromatic rings. The first-order valence-electron chi connectivity index (χ1n) is 13.0. The van der Waals surface area contributed by atoms with Crippen LogP contribution < -0.4 is 20.2 Å². The van der Waals surface area contributed by atoms with Gasteiger partial charge in [-0.1, -0.05) is 107 Å². The van der Waals surface area contributed by atoms with Gasteiger partial charge in [0, 0.05) is 0 Å². The van der Waals surface area contributed by atoms with Crippen LogP contribution in [0.4, 0.5) is 0 Å². The van der Waals surface area contributed by atoms with Crippen LogP contribution in [0.2, 0.25) is 0 Å². The van der Waals surface area contributed by atoms with Gasteiger partial charge in [-0.2, -0.15) is 0 Å². The first kappa shape index (κ1) is 27.6. The molecule has 181 valence electrons. The van der Waals surface area contributed by atoms with Gasteiger partial charge in [0.15, 0.2) is 7.14 Å². The Balaban J connectivity index is 1.54. The normalized spacial score (nSPS) is 11.3. The van der Waals surface area contributed by atoms with Crippen molar-refractivity contribution in [2.24, 2.45) is 0 Å². The van der Waals surface area contributed by atoms with E-state index in [0.717, 1.165) is 12.8 Å². The van der Waals surface area contributed by atoms with Gasteiger partial charge in [-0.25, -0.2) is 7.86 Å². The lowest BCUT2D eigenvalue weighted by Gasteiger charge is -2.05. The Morgan fingerprint density at radius 3 is 1.64 bits per heavy atom. The van der Waals surface area contributed by atoms with E-state index in [1.165, 1.54) is 77.8 Å². The van der Waals surface area contributed by atoms with Crippen molar-refractivity contribution in [3.63, 3.8) is 0 Å². The van der Waals surface area contributed by atoms with E-state index in [1.807, 2.05) is 36.4 Å². The molecule has 0 aromatic heterocycles. The second-order valence-electron chi connectivity index (χ2n) is 8.62. The maximum Gasteiger partial charge on any atom is 0.360 e. The highest BCUT2D eigenvalue weighted by Gasteiger charge is 2.33. The van der Waals surface area contributed by atoms with Crippen LogP contribution in [0, 0.1) is 7.14 Å². The number of benzene rings is 2. The van der Waals surface area contributed by atoms with Gasteiger partial charge in [-0.05, 0) is 56.4 Å². The summed E-state index contributed by atoms with van der Waals surface area (Å²) in [7, 11) is 0. The molecule has 2 rings (SSSR count). The molecule has 0 aliphatic rings. The maximum absolute atomic E-state index is 12.5. The van der Waals surface area contributed by atoms with E-state index < -0.39 is 20.2 Å². The monoisotopic (exact) mass is 562 g/mol. The second kappa shape index (κ2) is 18.8. The third kappa shape index (κ3) is 13.0. The van der Waals surface area contributed by atoms with Gasteiger partial charge in [0.05, 0.1) is 6.42 Å². The molecule has 0 fully saturated rings. The lowest BCUT2D eigenvalue weighted by molar-refractivity contribution is -1.04. The van der Waals surface area contributed by atoms with Crippen LogP contribution in [0.3, 0.4) is 0 Å². The minimum Gasteiger partial charge on any atom is -0.247 e. The number of halogens is 1. The van der Waals surface area contributed by atoms with Crippen molar-refractivity contribution in [3.05, 3.63) is 80.0 Å². The van der Waals surface area contributed by atoms with E-state index in [-0.39, 0.29) is 5.97 Å². The molecule has 0 atom stereocenters. The zero-order valence-corrected chi connectivity index (χ0v) is 22.7. The van der Waals surface area contributed by atoms with Crippen molar-refractivity contribution < 1.29 is 28.1 Å². The second-order valence-corrected chi connectivity index (χ2v) is 13.0. The summed E-state index contributed by atoms with van der Waals surface area (Å²) in [4.78, 5) is 12.5. The van der Waals surface area contributed by atoms with Gasteiger partial charge < -0.3 is 0 Å². The molecule has 3 heteroatoms. The molecule has 0 N–H and O–H groups in total. The van der Waals surface area contributed by atoms with E-state index in [1.54, 1.807) is 0 Å². The number of unbranched alkanes of at least 4 members (excludes halogenated alkanes) is 11. The number of allylic oxidation sites excluding steroid dienone is 2. The molecule has 0 heterocycles. The van der Waals surface area contributed by atoms with Crippen molar-refractivity contribution in [1.82, 2.24) is 0 Å².